The number of carbonyl (C=O) groups excluding carboxylic acids is 2. The summed E-state index contributed by atoms with van der Waals surface area (Å²) in [5.41, 5.74) is 4.91. The minimum atomic E-state index is -0.473. The van der Waals surface area contributed by atoms with Crippen LogP contribution in [0.2, 0.25) is 0 Å². The molecule has 1 aliphatic rings. The Bertz CT molecular complexity index is 1140. The van der Waals surface area contributed by atoms with Crippen molar-refractivity contribution >= 4 is 33.7 Å². The Morgan fingerprint density at radius 3 is 1.26 bits per heavy atom. The monoisotopic (exact) mass is 446 g/mol. The minimum absolute atomic E-state index is 0.471. The van der Waals surface area contributed by atoms with Crippen LogP contribution in [0.3, 0.4) is 0 Å². The zero-order chi connectivity index (χ0) is 21.8. The van der Waals surface area contributed by atoms with Crippen LogP contribution in [-0.2, 0) is 0 Å². The molecule has 0 spiro atoms. The van der Waals surface area contributed by atoms with Gasteiger partial charge in [-0.15, -0.1) is 0 Å². The fraction of sp³-hybridized carbons (Fsp3) is 0. The summed E-state index contributed by atoms with van der Waals surface area (Å²) in [5.74, 6) is 1.74. The molecule has 31 heavy (non-hydrogen) atoms. The largest absolute Gasteiger partial charge is 0.457 e. The van der Waals surface area contributed by atoms with Gasteiger partial charge < -0.3 is 4.74 Å². The number of hydrogen-bond donors (Lipinski definition) is 0. The SMILES string of the molecule is O=C(Cl)c1ccc2c(c1)-c1ccc(C(=O)Cl)cc1-2.c1ccc(Oc2ccccc2)cc1. The summed E-state index contributed by atoms with van der Waals surface area (Å²) in [4.78, 5) is 22.2. The Morgan fingerprint density at radius 2 is 0.903 bits per heavy atom. The average molecular weight is 447 g/mol. The third-order valence-electron chi connectivity index (χ3n) is 4.80. The Labute approximate surface area is 189 Å². The molecule has 0 radical (unpaired) electrons. The van der Waals surface area contributed by atoms with Crippen LogP contribution in [0, 0.1) is 0 Å². The van der Waals surface area contributed by atoms with Crippen molar-refractivity contribution in [3.63, 3.8) is 0 Å². The van der Waals surface area contributed by atoms with Gasteiger partial charge in [-0.25, -0.2) is 0 Å². The van der Waals surface area contributed by atoms with Crippen LogP contribution in [0.15, 0.2) is 97.1 Å². The normalized spacial score (nSPS) is 10.5. The second-order valence-electron chi connectivity index (χ2n) is 6.80. The maximum absolute atomic E-state index is 11.1. The van der Waals surface area contributed by atoms with Crippen molar-refractivity contribution in [2.45, 2.75) is 0 Å². The molecule has 4 aromatic rings. The highest BCUT2D eigenvalue weighted by molar-refractivity contribution is 6.68. The maximum Gasteiger partial charge on any atom is 0.252 e. The minimum Gasteiger partial charge on any atom is -0.457 e. The third kappa shape index (κ3) is 4.69. The number of hydrogen-bond acceptors (Lipinski definition) is 3. The lowest BCUT2D eigenvalue weighted by Gasteiger charge is -2.24. The van der Waals surface area contributed by atoms with Crippen molar-refractivity contribution in [1.29, 1.82) is 0 Å². The molecule has 1 aliphatic carbocycles. The highest BCUT2D eigenvalue weighted by Crippen LogP contribution is 2.47. The number of benzene rings is 4. The molecule has 4 aromatic carbocycles. The first-order valence-corrected chi connectivity index (χ1v) is 10.2. The van der Waals surface area contributed by atoms with E-state index in [-0.39, 0.29) is 0 Å². The first-order chi connectivity index (χ1) is 15.0. The van der Waals surface area contributed by atoms with E-state index in [1.54, 1.807) is 24.3 Å². The van der Waals surface area contributed by atoms with Crippen LogP contribution in [-0.4, -0.2) is 10.5 Å². The maximum atomic E-state index is 11.1. The molecular weight excluding hydrogens is 431 g/mol. The second-order valence-corrected chi connectivity index (χ2v) is 7.48. The van der Waals surface area contributed by atoms with E-state index in [0.29, 0.717) is 11.1 Å². The van der Waals surface area contributed by atoms with Crippen LogP contribution in [0.1, 0.15) is 20.7 Å². The fourth-order valence-electron chi connectivity index (χ4n) is 3.30. The lowest BCUT2D eigenvalue weighted by Crippen LogP contribution is -2.03. The first-order valence-electron chi connectivity index (χ1n) is 9.49. The van der Waals surface area contributed by atoms with Gasteiger partial charge in [-0.2, -0.15) is 0 Å². The van der Waals surface area contributed by atoms with E-state index in [0.717, 1.165) is 33.8 Å². The molecule has 5 rings (SSSR count). The molecule has 3 nitrogen and oxygen atoms in total. The highest BCUT2D eigenvalue weighted by atomic mass is 35.5. The first kappa shape index (κ1) is 20.9. The summed E-state index contributed by atoms with van der Waals surface area (Å²) in [6, 6.07) is 30.0. The van der Waals surface area contributed by atoms with Gasteiger partial charge in [0.05, 0.1) is 0 Å². The van der Waals surface area contributed by atoms with Crippen LogP contribution in [0.5, 0.6) is 11.5 Å². The smallest absolute Gasteiger partial charge is 0.252 e. The molecule has 0 saturated heterocycles. The number of halogens is 2. The van der Waals surface area contributed by atoms with E-state index in [1.807, 2.05) is 72.8 Å². The quantitative estimate of drug-likeness (QED) is 0.267. The van der Waals surface area contributed by atoms with Crippen LogP contribution in [0.4, 0.5) is 0 Å². The summed E-state index contributed by atoms with van der Waals surface area (Å²) in [6.07, 6.45) is 0. The summed E-state index contributed by atoms with van der Waals surface area (Å²) < 4.78 is 5.58. The Morgan fingerprint density at radius 1 is 0.516 bits per heavy atom. The van der Waals surface area contributed by atoms with Crippen molar-refractivity contribution in [1.82, 2.24) is 0 Å². The molecule has 0 bridgehead atoms. The molecule has 0 N–H and O–H groups in total. The molecule has 0 amide bonds. The van der Waals surface area contributed by atoms with Gasteiger partial charge in [0.15, 0.2) is 0 Å². The molecule has 0 fully saturated rings. The molecule has 0 aliphatic heterocycles. The average Bonchev–Trinajstić information content (AvgIpc) is 2.78. The number of fused-ring (bicyclic) bond motifs is 4. The molecule has 152 valence electrons. The standard InChI is InChI=1S/C14H6Cl2O2.C12H10O/c15-13(17)7-1-3-9-11(5-7)10-4-2-8(14(16)18)6-12(9)10;1-3-7-11(8-4-1)13-12-9-5-2-6-10-12/h1-6H;1-10H. The topological polar surface area (TPSA) is 43.4 Å². The number of rotatable bonds is 4. The van der Waals surface area contributed by atoms with E-state index in [9.17, 15) is 9.59 Å². The van der Waals surface area contributed by atoms with Gasteiger partial charge in [-0.05, 0) is 94.0 Å². The lowest BCUT2D eigenvalue weighted by molar-refractivity contribution is 0.107. The zero-order valence-electron chi connectivity index (χ0n) is 16.2. The molecule has 0 aromatic heterocycles. The van der Waals surface area contributed by atoms with Gasteiger partial charge in [0.2, 0.25) is 0 Å². The van der Waals surface area contributed by atoms with Crippen molar-refractivity contribution in [2.75, 3.05) is 0 Å². The van der Waals surface area contributed by atoms with Crippen LogP contribution < -0.4 is 4.74 Å². The molecule has 0 atom stereocenters. The highest BCUT2D eigenvalue weighted by Gasteiger charge is 2.24. The second kappa shape index (κ2) is 9.17. The summed E-state index contributed by atoms with van der Waals surface area (Å²) >= 11 is 10.9. The van der Waals surface area contributed by atoms with Gasteiger partial charge in [0.25, 0.3) is 10.5 Å². The van der Waals surface area contributed by atoms with Gasteiger partial charge in [0.1, 0.15) is 11.5 Å². The molecule has 0 heterocycles. The number of carbonyl (C=O) groups is 2. The Balaban J connectivity index is 0.000000158. The van der Waals surface area contributed by atoms with Gasteiger partial charge >= 0.3 is 0 Å². The predicted molar refractivity (Wildman–Crippen MR) is 124 cm³/mol. The van der Waals surface area contributed by atoms with Crippen molar-refractivity contribution < 1.29 is 14.3 Å². The van der Waals surface area contributed by atoms with E-state index in [1.165, 1.54) is 0 Å². The van der Waals surface area contributed by atoms with Crippen LogP contribution >= 0.6 is 23.2 Å². The molecule has 0 saturated carbocycles. The fourth-order valence-corrected chi connectivity index (χ4v) is 3.53. The Kier molecular flexibility index (Phi) is 6.17. The van der Waals surface area contributed by atoms with E-state index in [2.05, 4.69) is 0 Å². The zero-order valence-corrected chi connectivity index (χ0v) is 17.7. The van der Waals surface area contributed by atoms with E-state index < -0.39 is 10.5 Å². The summed E-state index contributed by atoms with van der Waals surface area (Å²) in [6.45, 7) is 0. The Hall–Kier alpha value is -3.40. The van der Waals surface area contributed by atoms with Crippen molar-refractivity contribution in [3.05, 3.63) is 108 Å². The summed E-state index contributed by atoms with van der Waals surface area (Å²) in [7, 11) is 0. The number of ether oxygens (including phenoxy) is 1. The summed E-state index contributed by atoms with van der Waals surface area (Å²) in [5, 5.41) is -0.947. The third-order valence-corrected chi connectivity index (χ3v) is 5.23. The van der Waals surface area contributed by atoms with Crippen LogP contribution in [0.25, 0.3) is 22.3 Å². The number of para-hydroxylation sites is 2. The molecule has 0 unspecified atom stereocenters. The van der Waals surface area contributed by atoms with E-state index in [4.69, 9.17) is 27.9 Å². The van der Waals surface area contributed by atoms with Gasteiger partial charge in [0, 0.05) is 11.1 Å². The molecular formula is C26H16Cl2O3. The van der Waals surface area contributed by atoms with Crippen molar-refractivity contribution in [3.8, 4) is 33.8 Å². The van der Waals surface area contributed by atoms with Crippen molar-refractivity contribution in [2.24, 2.45) is 0 Å². The van der Waals surface area contributed by atoms with E-state index >= 15 is 0 Å². The van der Waals surface area contributed by atoms with Gasteiger partial charge in [-0.3, -0.25) is 9.59 Å². The predicted octanol–water partition coefficient (Wildman–Crippen LogP) is 7.57. The van der Waals surface area contributed by atoms with Gasteiger partial charge in [-0.1, -0.05) is 48.5 Å². The molecule has 5 heteroatoms. The lowest BCUT2D eigenvalue weighted by atomic mass is 9.79.